The Balaban J connectivity index is 0.000000152. The molecule has 6 N–H and O–H groups in total. The number of likely N-dealkylation sites (tertiary alicyclic amines) is 3. The molecule has 3 saturated heterocycles. The predicted molar refractivity (Wildman–Crippen MR) is 434 cm³/mol. The summed E-state index contributed by atoms with van der Waals surface area (Å²) in [4.78, 5) is 106. The Morgan fingerprint density at radius 2 is 0.853 bits per heavy atom. The minimum Gasteiger partial charge on any atom is -0.406 e. The number of ketones is 3. The summed E-state index contributed by atoms with van der Waals surface area (Å²) in [5.41, 5.74) is 31.3. The second-order valence-electron chi connectivity index (χ2n) is 28.5. The fourth-order valence-electron chi connectivity index (χ4n) is 15.0. The van der Waals surface area contributed by atoms with E-state index in [9.17, 15) is 41.9 Å². The predicted octanol–water partition coefficient (Wildman–Crippen LogP) is 13.8. The third kappa shape index (κ3) is 18.4. The maximum Gasteiger partial charge on any atom is 0.573 e. The fourth-order valence-corrected chi connectivity index (χ4v) is 15.0. The van der Waals surface area contributed by atoms with Crippen LogP contribution in [0, 0.1) is 18.3 Å². The molecule has 0 bridgehead atoms. The Morgan fingerprint density at radius 3 is 1.22 bits per heavy atom. The number of ether oxygens (including phenoxy) is 1. The number of nitrogens with two attached hydrogens (primary N) is 3. The van der Waals surface area contributed by atoms with Crippen LogP contribution in [0.1, 0.15) is 135 Å². The first kappa shape index (κ1) is 80.2. The summed E-state index contributed by atoms with van der Waals surface area (Å²) in [5.74, 6) is 0.161. The molecule has 26 nitrogen and oxygen atoms in total. The van der Waals surface area contributed by atoms with Crippen molar-refractivity contribution in [1.29, 1.82) is 5.26 Å². The number of aromatic nitrogens is 12. The van der Waals surface area contributed by atoms with E-state index in [1.54, 1.807) is 39.0 Å². The van der Waals surface area contributed by atoms with Gasteiger partial charge in [0.15, 0.2) is 34.3 Å². The van der Waals surface area contributed by atoms with Crippen LogP contribution in [0.5, 0.6) is 5.75 Å². The third-order valence-electron chi connectivity index (χ3n) is 21.0. The normalized spacial score (nSPS) is 15.5. The number of alkyl halides is 3. The van der Waals surface area contributed by atoms with E-state index in [1.807, 2.05) is 118 Å². The van der Waals surface area contributed by atoms with Gasteiger partial charge >= 0.3 is 6.36 Å². The van der Waals surface area contributed by atoms with Gasteiger partial charge in [0, 0.05) is 91.9 Å². The minimum atomic E-state index is -4.83. The highest BCUT2D eigenvalue weighted by molar-refractivity contribution is 6.02. The van der Waals surface area contributed by atoms with E-state index in [0.717, 1.165) is 95.2 Å². The van der Waals surface area contributed by atoms with Crippen molar-refractivity contribution in [3.05, 3.63) is 247 Å². The largest absolute Gasteiger partial charge is 0.573 e. The van der Waals surface area contributed by atoms with E-state index in [-0.39, 0.29) is 71.0 Å². The van der Waals surface area contributed by atoms with E-state index in [1.165, 1.54) is 49.3 Å². The van der Waals surface area contributed by atoms with Gasteiger partial charge in [-0.15, -0.1) is 13.2 Å². The molecule has 15 rings (SSSR count). The van der Waals surface area contributed by atoms with Crippen LogP contribution in [0.2, 0.25) is 0 Å². The molecule has 3 amide bonds. The minimum absolute atomic E-state index is 0.0186. The third-order valence-corrected chi connectivity index (χ3v) is 21.0. The number of carbonyl (C=O) groups excluding carboxylic acids is 6. The number of piperidine rings is 3. The van der Waals surface area contributed by atoms with Gasteiger partial charge in [0.1, 0.15) is 59.3 Å². The molecule has 0 radical (unpaired) electrons. The van der Waals surface area contributed by atoms with Gasteiger partial charge in [0.25, 0.3) is 0 Å². The van der Waals surface area contributed by atoms with Gasteiger partial charge in [-0.25, -0.2) is 43.9 Å². The van der Waals surface area contributed by atoms with E-state index in [4.69, 9.17) is 37.8 Å². The van der Waals surface area contributed by atoms with Crippen molar-refractivity contribution in [3.8, 4) is 45.6 Å². The summed E-state index contributed by atoms with van der Waals surface area (Å²) in [6, 6.07) is 44.7. The molecule has 3 aliphatic heterocycles. The summed E-state index contributed by atoms with van der Waals surface area (Å²) >= 11 is 0. The zero-order valence-corrected chi connectivity index (χ0v) is 63.8. The lowest BCUT2D eigenvalue weighted by atomic mass is 9.98. The summed E-state index contributed by atoms with van der Waals surface area (Å²) in [5, 5.41) is 25.6. The molecule has 3 aliphatic rings. The lowest BCUT2D eigenvalue weighted by molar-refractivity contribution is -0.274. The number of carbonyl (C=O) groups is 6. The van der Waals surface area contributed by atoms with E-state index < -0.39 is 12.1 Å². The molecule has 0 spiro atoms. The summed E-state index contributed by atoms with van der Waals surface area (Å²) in [7, 11) is 0. The average Bonchev–Trinajstić information content (AvgIpc) is 1.62. The average molecular weight is 1560 g/mol. The Kier molecular flexibility index (Phi) is 24.8. The van der Waals surface area contributed by atoms with Gasteiger partial charge in [-0.3, -0.25) is 28.8 Å². The molecule has 0 saturated carbocycles. The zero-order valence-electron chi connectivity index (χ0n) is 63.8. The van der Waals surface area contributed by atoms with Gasteiger partial charge in [0.2, 0.25) is 17.7 Å². The number of anilines is 3. The molecule has 116 heavy (non-hydrogen) atoms. The monoisotopic (exact) mass is 1560 g/mol. The first-order valence-electron chi connectivity index (χ1n) is 38.1. The maximum atomic E-state index is 12.7. The maximum absolute atomic E-state index is 12.7. The number of nitrogen functional groups attached to an aromatic ring is 3. The molecule has 29 heteroatoms. The molecule has 9 heterocycles. The van der Waals surface area contributed by atoms with Gasteiger partial charge in [0.05, 0.1) is 45.9 Å². The Labute approximate surface area is 665 Å². The van der Waals surface area contributed by atoms with Crippen LogP contribution in [-0.2, 0) is 33.6 Å². The second kappa shape index (κ2) is 35.8. The molecule has 3 unspecified atom stereocenters. The SMILES string of the molecule is C=CC(=O)N1CCCC(n2nc(-c3ccc(CCC(=O)c4ccc(C#N)cc4)cc3)c3c(N)ncnc32)C1.C=CC(=O)N1CCCC(n2nc(-c3ccc(CCC(=O)c4cccc(OC(F)(F)F)c4)cc3)c3c(N)ncnc32)C1.C=CC(=O)N1CCCC(n2nc(-c3ccc(CCC(=O)c4ccccc4C)cc3)c3c(N)ncnc32)C1. The highest BCUT2D eigenvalue weighted by Crippen LogP contribution is 2.39. The van der Waals surface area contributed by atoms with Crippen LogP contribution in [0.25, 0.3) is 66.9 Å². The number of nitrogens with zero attached hydrogens (tertiary/aromatic N) is 16. The lowest BCUT2D eigenvalue weighted by Crippen LogP contribution is -2.40. The number of Topliss-reactive ketones (excluding diaryl/α,β-unsaturated/α-hetero) is 3. The highest BCUT2D eigenvalue weighted by Gasteiger charge is 2.34. The summed E-state index contributed by atoms with van der Waals surface area (Å²) in [6.45, 7) is 16.4. The zero-order chi connectivity index (χ0) is 81.7. The number of benzene rings is 6. The topological polar surface area (TPSA) is 354 Å². The van der Waals surface area contributed by atoms with Gasteiger partial charge in [-0.1, -0.05) is 141 Å². The second-order valence-corrected chi connectivity index (χ2v) is 28.5. The molecule has 590 valence electrons. The number of rotatable bonds is 22. The van der Waals surface area contributed by atoms with Gasteiger partial charge in [-0.05, 0) is 129 Å². The number of hydrogen-bond acceptors (Lipinski definition) is 20. The van der Waals surface area contributed by atoms with Crippen LogP contribution in [0.3, 0.4) is 0 Å². The molecule has 6 aromatic heterocycles. The molecule has 3 fully saturated rings. The highest BCUT2D eigenvalue weighted by atomic mass is 19.4. The van der Waals surface area contributed by atoms with Crippen molar-refractivity contribution in [2.75, 3.05) is 56.5 Å². The Bertz CT molecular complexity index is 5740. The van der Waals surface area contributed by atoms with E-state index in [2.05, 4.69) is 60.4 Å². The van der Waals surface area contributed by atoms with E-state index >= 15 is 0 Å². The van der Waals surface area contributed by atoms with Crippen molar-refractivity contribution in [2.45, 2.75) is 108 Å². The van der Waals surface area contributed by atoms with Crippen LogP contribution in [0.4, 0.5) is 30.6 Å². The van der Waals surface area contributed by atoms with E-state index in [0.29, 0.717) is 144 Å². The van der Waals surface area contributed by atoms with Crippen molar-refractivity contribution >= 4 is 85.6 Å². The van der Waals surface area contributed by atoms with Crippen molar-refractivity contribution in [3.63, 3.8) is 0 Å². The smallest absolute Gasteiger partial charge is 0.406 e. The van der Waals surface area contributed by atoms with Crippen LogP contribution >= 0.6 is 0 Å². The summed E-state index contributed by atoms with van der Waals surface area (Å²) < 4.78 is 47.0. The van der Waals surface area contributed by atoms with Crippen LogP contribution in [-0.4, -0.2) is 155 Å². The number of amides is 3. The van der Waals surface area contributed by atoms with Crippen molar-refractivity contribution < 1.29 is 46.7 Å². The first-order valence-corrected chi connectivity index (χ1v) is 38.1. The van der Waals surface area contributed by atoms with Gasteiger partial charge < -0.3 is 36.6 Å². The Hall–Kier alpha value is -13.9. The quantitative estimate of drug-likeness (QED) is 0.0419. The number of nitriles is 1. The van der Waals surface area contributed by atoms with Crippen LogP contribution in [0.15, 0.2) is 203 Å². The number of halogens is 3. The standard InChI is InChI=1S/C29H27F3N6O3.C29H27N7O2.C29H30N6O2/c1-2-24(40)37-14-4-6-21(16-37)38-28-25(27(33)34-17-35-28)26(36-38)19-11-8-18(9-12-19)10-13-23(39)20-5-3-7-22(15-20)41-29(30,31)32;1-2-25(38)35-15-3-4-23(17-35)36-29-26(28(31)32-18-33-29)27(34-36)22-12-5-19(6-13-22)9-14-24(37)21-10-7-20(16-30)8-11-21;1-3-25(37)34-16-6-8-22(17-34)35-29-26(28(30)31-18-32-29)27(33-35)21-13-10-20(11-14-21)12-15-24(36)23-9-5-4-7-19(23)2/h2-3,5,7-9,11-12,15,17,21H,1,4,6,10,13-14,16H2,(H2,33,34,35);2,5-8,10-13,18,23H,1,3-4,9,14-15,17H2,(H2,31,32,33);3-5,7,9-11,13-14,18,22H,1,6,8,12,15-17H2,2H3,(H2,30,31,32). The number of aryl methyl sites for hydroxylation is 4. The lowest BCUT2D eigenvalue weighted by Gasteiger charge is -2.32. The molecular weight excluding hydrogens is 1480 g/mol. The molecule has 3 atom stereocenters. The van der Waals surface area contributed by atoms with Gasteiger partial charge in [-0.2, -0.15) is 20.6 Å². The molecule has 12 aromatic rings. The molecule has 6 aromatic carbocycles. The molecule has 0 aliphatic carbocycles. The first-order chi connectivity index (χ1) is 56.1. The Morgan fingerprint density at radius 1 is 0.483 bits per heavy atom. The number of hydrogen-bond donors (Lipinski definition) is 3. The summed E-state index contributed by atoms with van der Waals surface area (Å²) in [6.07, 6.45) is 11.1. The van der Waals surface area contributed by atoms with Crippen molar-refractivity contribution in [1.82, 2.24) is 73.9 Å². The fraction of sp³-hybridized carbons (Fsp3) is 0.264. The number of fused-ring (bicyclic) bond motifs is 3. The van der Waals surface area contributed by atoms with Crippen LogP contribution < -0.4 is 21.9 Å². The molecular formula is C87H84F3N19O7. The van der Waals surface area contributed by atoms with Crippen molar-refractivity contribution in [2.24, 2.45) is 0 Å².